The van der Waals surface area contributed by atoms with Crippen molar-refractivity contribution in [2.75, 3.05) is 13.6 Å². The highest BCUT2D eigenvalue weighted by Gasteiger charge is 2.38. The average molecular weight is 696 g/mol. The Balaban J connectivity index is 1.67. The van der Waals surface area contributed by atoms with Gasteiger partial charge in [0.1, 0.15) is 35.9 Å². The molecule has 0 aromatic heterocycles. The molecule has 0 saturated heterocycles. The summed E-state index contributed by atoms with van der Waals surface area (Å²) in [6.07, 6.45) is 1.46. The molecule has 4 rings (SSSR count). The van der Waals surface area contributed by atoms with E-state index in [1.807, 2.05) is 36.4 Å². The summed E-state index contributed by atoms with van der Waals surface area (Å²) in [4.78, 5) is 83.7. The summed E-state index contributed by atoms with van der Waals surface area (Å²) in [6.45, 7) is 0.690. The Bertz CT molecular complexity index is 1790. The standard InChI is InChI=1S/C37H41N7O7/c1-23(45)40-30(20-25-11-7-4-8-12-25)36(50)43-28(17-18-32(38)47)34-42-31(21-26-13-15-27(46)16-14-26)37(51)44(34)22-33(48)41-29(35(49)39-2)19-24-9-5-3-6-10-24/h3-16,21,28-30,46H,17-20,22H2,1-2H3,(H2,38,47)(H,39,49)(H,40,45)(H,41,48)(H,43,50)/b31-21-. The van der Waals surface area contributed by atoms with Gasteiger partial charge in [0.25, 0.3) is 5.91 Å². The molecule has 14 heteroatoms. The summed E-state index contributed by atoms with van der Waals surface area (Å²) < 4.78 is 0. The molecule has 0 aliphatic carbocycles. The number of carbonyl (C=O) groups excluding carboxylic acids is 6. The maximum Gasteiger partial charge on any atom is 0.278 e. The van der Waals surface area contributed by atoms with Crippen molar-refractivity contribution in [1.29, 1.82) is 0 Å². The number of rotatable bonds is 16. The number of phenols is 1. The molecule has 14 nitrogen and oxygen atoms in total. The zero-order valence-electron chi connectivity index (χ0n) is 28.3. The molecule has 51 heavy (non-hydrogen) atoms. The minimum absolute atomic E-state index is 0.0111. The molecule has 3 aromatic carbocycles. The Labute approximate surface area is 295 Å². The fourth-order valence-corrected chi connectivity index (χ4v) is 5.46. The first kappa shape index (κ1) is 37.5. The molecular weight excluding hydrogens is 654 g/mol. The third-order valence-corrected chi connectivity index (χ3v) is 7.94. The number of aromatic hydroxyl groups is 1. The third-order valence-electron chi connectivity index (χ3n) is 7.94. The molecule has 3 atom stereocenters. The maximum atomic E-state index is 13.9. The first-order valence-corrected chi connectivity index (χ1v) is 16.3. The summed E-state index contributed by atoms with van der Waals surface area (Å²) in [6, 6.07) is 20.9. The smallest absolute Gasteiger partial charge is 0.278 e. The second kappa shape index (κ2) is 17.9. The molecule has 0 spiro atoms. The quantitative estimate of drug-likeness (QED) is 0.119. The fraction of sp³-hybridized carbons (Fsp3) is 0.270. The van der Waals surface area contributed by atoms with Crippen LogP contribution in [0.2, 0.25) is 0 Å². The Hall–Kier alpha value is -6.31. The van der Waals surface area contributed by atoms with Crippen LogP contribution in [0.3, 0.4) is 0 Å². The topological polar surface area (TPSA) is 212 Å². The van der Waals surface area contributed by atoms with E-state index in [2.05, 4.69) is 26.3 Å². The van der Waals surface area contributed by atoms with Crippen molar-refractivity contribution < 1.29 is 33.9 Å². The summed E-state index contributed by atoms with van der Waals surface area (Å²) in [7, 11) is 1.44. The van der Waals surface area contributed by atoms with E-state index in [-0.39, 0.29) is 43.0 Å². The molecule has 1 aliphatic rings. The Morgan fingerprint density at radius 2 is 1.39 bits per heavy atom. The lowest BCUT2D eigenvalue weighted by Gasteiger charge is -2.28. The first-order chi connectivity index (χ1) is 24.4. The van der Waals surface area contributed by atoms with Gasteiger partial charge in [-0.3, -0.25) is 33.7 Å². The molecule has 3 unspecified atom stereocenters. The predicted molar refractivity (Wildman–Crippen MR) is 189 cm³/mol. The molecule has 0 saturated carbocycles. The van der Waals surface area contributed by atoms with Gasteiger partial charge in [0, 0.05) is 33.2 Å². The van der Waals surface area contributed by atoms with Gasteiger partial charge in [0.2, 0.25) is 29.5 Å². The number of nitrogens with two attached hydrogens (primary N) is 1. The average Bonchev–Trinajstić information content (AvgIpc) is 3.40. The van der Waals surface area contributed by atoms with Crippen LogP contribution in [-0.4, -0.2) is 83.0 Å². The second-order valence-electron chi connectivity index (χ2n) is 11.9. The number of nitrogens with one attached hydrogen (secondary N) is 4. The first-order valence-electron chi connectivity index (χ1n) is 16.3. The van der Waals surface area contributed by atoms with E-state index in [0.717, 1.165) is 16.0 Å². The number of hydrogen-bond acceptors (Lipinski definition) is 8. The third kappa shape index (κ3) is 11.1. The lowest BCUT2D eigenvalue weighted by atomic mass is 10.0. The van der Waals surface area contributed by atoms with Gasteiger partial charge in [0.15, 0.2) is 0 Å². The molecule has 0 bridgehead atoms. The van der Waals surface area contributed by atoms with Crippen LogP contribution in [0.4, 0.5) is 0 Å². The fourth-order valence-electron chi connectivity index (χ4n) is 5.46. The van der Waals surface area contributed by atoms with Gasteiger partial charge in [-0.2, -0.15) is 0 Å². The summed E-state index contributed by atoms with van der Waals surface area (Å²) in [5.74, 6) is -3.61. The van der Waals surface area contributed by atoms with Crippen LogP contribution in [-0.2, 0) is 41.6 Å². The van der Waals surface area contributed by atoms with Crippen LogP contribution in [0.1, 0.15) is 36.5 Å². The van der Waals surface area contributed by atoms with Crippen LogP contribution in [0.15, 0.2) is 95.6 Å². The molecular formula is C37H41N7O7. The van der Waals surface area contributed by atoms with Crippen molar-refractivity contribution in [1.82, 2.24) is 26.2 Å². The number of primary amides is 1. The van der Waals surface area contributed by atoms with E-state index in [1.54, 1.807) is 36.4 Å². The molecule has 0 radical (unpaired) electrons. The van der Waals surface area contributed by atoms with Crippen molar-refractivity contribution in [3.05, 3.63) is 107 Å². The van der Waals surface area contributed by atoms with Crippen LogP contribution in [0.5, 0.6) is 5.75 Å². The largest absolute Gasteiger partial charge is 0.508 e. The molecule has 1 aliphatic heterocycles. The van der Waals surface area contributed by atoms with Crippen LogP contribution >= 0.6 is 0 Å². The highest BCUT2D eigenvalue weighted by molar-refractivity contribution is 6.17. The minimum Gasteiger partial charge on any atom is -0.508 e. The van der Waals surface area contributed by atoms with Crippen LogP contribution in [0, 0.1) is 0 Å². The normalized spacial score (nSPS) is 14.9. The number of amides is 6. The zero-order chi connectivity index (χ0) is 36.9. The Kier molecular flexibility index (Phi) is 13.2. The number of likely N-dealkylation sites (N-methyl/N-ethyl adjacent to an activating group) is 1. The molecule has 1 heterocycles. The summed E-state index contributed by atoms with van der Waals surface area (Å²) in [5, 5.41) is 20.4. The molecule has 7 N–H and O–H groups in total. The summed E-state index contributed by atoms with van der Waals surface area (Å²) in [5.41, 5.74) is 7.47. The van der Waals surface area contributed by atoms with Gasteiger partial charge in [-0.15, -0.1) is 0 Å². The SMILES string of the molecule is CNC(=O)C(Cc1ccccc1)NC(=O)CN1C(=O)/C(=C/c2ccc(O)cc2)N=C1C(CCC(N)=O)NC(=O)C(Cc1ccccc1)NC(C)=O. The van der Waals surface area contributed by atoms with Crippen molar-refractivity contribution in [3.8, 4) is 5.75 Å². The van der Waals surface area contributed by atoms with Gasteiger partial charge in [-0.25, -0.2) is 4.99 Å². The predicted octanol–water partition coefficient (Wildman–Crippen LogP) is 0.945. The zero-order valence-corrected chi connectivity index (χ0v) is 28.3. The Morgan fingerprint density at radius 1 is 0.824 bits per heavy atom. The van der Waals surface area contributed by atoms with Gasteiger partial charge < -0.3 is 32.1 Å². The van der Waals surface area contributed by atoms with Gasteiger partial charge in [-0.1, -0.05) is 72.8 Å². The van der Waals surface area contributed by atoms with Crippen molar-refractivity contribution in [2.45, 2.75) is 50.7 Å². The van der Waals surface area contributed by atoms with Crippen LogP contribution < -0.4 is 27.0 Å². The van der Waals surface area contributed by atoms with E-state index >= 15 is 0 Å². The molecule has 266 valence electrons. The Morgan fingerprint density at radius 3 is 1.92 bits per heavy atom. The van der Waals surface area contributed by atoms with Crippen molar-refractivity contribution >= 4 is 47.4 Å². The van der Waals surface area contributed by atoms with Gasteiger partial charge >= 0.3 is 0 Å². The number of aliphatic imine (C=N–C) groups is 1. The van der Waals surface area contributed by atoms with E-state index in [1.165, 1.54) is 32.2 Å². The van der Waals surface area contributed by atoms with E-state index in [4.69, 9.17) is 5.73 Å². The highest BCUT2D eigenvalue weighted by Crippen LogP contribution is 2.23. The monoisotopic (exact) mass is 695 g/mol. The van der Waals surface area contributed by atoms with Crippen LogP contribution in [0.25, 0.3) is 6.08 Å². The van der Waals surface area contributed by atoms with Gasteiger partial charge in [-0.05, 0) is 41.3 Å². The number of phenolic OH excluding ortho intramolecular Hbond substituents is 1. The van der Waals surface area contributed by atoms with Crippen molar-refractivity contribution in [3.63, 3.8) is 0 Å². The molecule has 6 amide bonds. The lowest BCUT2D eigenvalue weighted by Crippen LogP contribution is -2.56. The number of carbonyl (C=O) groups is 6. The number of benzene rings is 3. The number of nitrogens with zero attached hydrogens (tertiary/aromatic N) is 2. The van der Waals surface area contributed by atoms with Gasteiger partial charge in [0.05, 0.1) is 6.04 Å². The number of amidine groups is 1. The van der Waals surface area contributed by atoms with E-state index in [9.17, 15) is 33.9 Å². The number of hydrogen-bond donors (Lipinski definition) is 6. The maximum absolute atomic E-state index is 13.9. The van der Waals surface area contributed by atoms with Crippen molar-refractivity contribution in [2.24, 2.45) is 10.7 Å². The van der Waals surface area contributed by atoms with E-state index < -0.39 is 60.1 Å². The molecule has 3 aromatic rings. The molecule has 0 fully saturated rings. The minimum atomic E-state index is -1.11. The second-order valence-corrected chi connectivity index (χ2v) is 11.9. The lowest BCUT2D eigenvalue weighted by molar-refractivity contribution is -0.131. The summed E-state index contributed by atoms with van der Waals surface area (Å²) >= 11 is 0. The highest BCUT2D eigenvalue weighted by atomic mass is 16.3. The van der Waals surface area contributed by atoms with E-state index in [0.29, 0.717) is 5.56 Å².